The summed E-state index contributed by atoms with van der Waals surface area (Å²) in [5.41, 5.74) is 5.53. The van der Waals surface area contributed by atoms with Gasteiger partial charge in [-0.3, -0.25) is 0 Å². The Morgan fingerprint density at radius 3 is 2.50 bits per heavy atom. The second kappa shape index (κ2) is 7.38. The van der Waals surface area contributed by atoms with Gasteiger partial charge in [-0.1, -0.05) is 50.6 Å². The molecule has 0 aliphatic heterocycles. The molecule has 0 saturated heterocycles. The lowest BCUT2D eigenvalue weighted by atomic mass is 10.0. The molecule has 0 amide bonds. The molecule has 1 nitrogen and oxygen atoms in total. The van der Waals surface area contributed by atoms with Gasteiger partial charge in [-0.05, 0) is 49.4 Å². The largest absolute Gasteiger partial charge is 0.313 e. The SMILES string of the molecule is CCC(=Cc1ccc(C)c(C)c1)CNCC(C)C. The second-order valence-electron chi connectivity index (χ2n) is 5.52. The molecule has 18 heavy (non-hydrogen) atoms. The molecule has 0 unspecified atom stereocenters. The Labute approximate surface area is 112 Å². The van der Waals surface area contributed by atoms with Crippen molar-refractivity contribution in [3.63, 3.8) is 0 Å². The summed E-state index contributed by atoms with van der Waals surface area (Å²) in [6.07, 6.45) is 3.43. The van der Waals surface area contributed by atoms with E-state index in [4.69, 9.17) is 0 Å². The maximum atomic E-state index is 3.51. The van der Waals surface area contributed by atoms with E-state index in [9.17, 15) is 0 Å². The highest BCUT2D eigenvalue weighted by Gasteiger charge is 1.99. The molecule has 1 rings (SSSR count). The zero-order valence-electron chi connectivity index (χ0n) is 12.5. The molecule has 0 fully saturated rings. The van der Waals surface area contributed by atoms with Gasteiger partial charge >= 0.3 is 0 Å². The van der Waals surface area contributed by atoms with Gasteiger partial charge < -0.3 is 5.32 Å². The first-order valence-corrected chi connectivity index (χ1v) is 7.00. The number of aryl methyl sites for hydroxylation is 2. The van der Waals surface area contributed by atoms with Gasteiger partial charge in [0.2, 0.25) is 0 Å². The van der Waals surface area contributed by atoms with Gasteiger partial charge in [0.1, 0.15) is 0 Å². The van der Waals surface area contributed by atoms with Crippen LogP contribution >= 0.6 is 0 Å². The molecule has 1 aromatic carbocycles. The number of hydrogen-bond acceptors (Lipinski definition) is 1. The molecular formula is C17H27N. The van der Waals surface area contributed by atoms with Gasteiger partial charge in [0.25, 0.3) is 0 Å². The predicted molar refractivity (Wildman–Crippen MR) is 81.9 cm³/mol. The molecule has 0 heterocycles. The van der Waals surface area contributed by atoms with Crippen molar-refractivity contribution in [2.45, 2.75) is 41.0 Å². The third-order valence-corrected chi connectivity index (χ3v) is 3.26. The normalized spacial score (nSPS) is 12.2. The Morgan fingerprint density at radius 2 is 1.94 bits per heavy atom. The van der Waals surface area contributed by atoms with Crippen LogP contribution in [0.3, 0.4) is 0 Å². The second-order valence-corrected chi connectivity index (χ2v) is 5.52. The van der Waals surface area contributed by atoms with E-state index in [1.54, 1.807) is 0 Å². The summed E-state index contributed by atoms with van der Waals surface area (Å²) in [6, 6.07) is 6.68. The molecule has 0 aliphatic carbocycles. The maximum absolute atomic E-state index is 3.51. The van der Waals surface area contributed by atoms with Crippen LogP contribution in [0, 0.1) is 19.8 Å². The lowest BCUT2D eigenvalue weighted by molar-refractivity contribution is 0.569. The van der Waals surface area contributed by atoms with Gasteiger partial charge in [0.15, 0.2) is 0 Å². The lowest BCUT2D eigenvalue weighted by Crippen LogP contribution is -2.21. The Bertz CT molecular complexity index is 402. The van der Waals surface area contributed by atoms with E-state index in [-0.39, 0.29) is 0 Å². The summed E-state index contributed by atoms with van der Waals surface area (Å²) in [5.74, 6) is 0.713. The monoisotopic (exact) mass is 245 g/mol. The van der Waals surface area contributed by atoms with Crippen LogP contribution < -0.4 is 5.32 Å². The molecule has 0 aliphatic rings. The molecule has 1 N–H and O–H groups in total. The van der Waals surface area contributed by atoms with Crippen LogP contribution in [0.2, 0.25) is 0 Å². The molecule has 100 valence electrons. The molecule has 0 bridgehead atoms. The predicted octanol–water partition coefficient (Wildman–Crippen LogP) is 4.34. The Morgan fingerprint density at radius 1 is 1.22 bits per heavy atom. The van der Waals surface area contributed by atoms with Gasteiger partial charge in [-0.15, -0.1) is 0 Å². The van der Waals surface area contributed by atoms with Crippen molar-refractivity contribution in [1.29, 1.82) is 0 Å². The summed E-state index contributed by atoms with van der Waals surface area (Å²) in [5, 5.41) is 3.51. The van der Waals surface area contributed by atoms with E-state index in [1.807, 2.05) is 0 Å². The number of nitrogens with one attached hydrogen (secondary N) is 1. The average molecular weight is 245 g/mol. The van der Waals surface area contributed by atoms with Crippen molar-refractivity contribution >= 4 is 6.08 Å². The molecule has 0 atom stereocenters. The van der Waals surface area contributed by atoms with Crippen LogP contribution in [0.15, 0.2) is 23.8 Å². The molecule has 0 spiro atoms. The third kappa shape index (κ3) is 5.05. The minimum Gasteiger partial charge on any atom is -0.313 e. The zero-order valence-corrected chi connectivity index (χ0v) is 12.5. The molecule has 0 aromatic heterocycles. The maximum Gasteiger partial charge on any atom is 0.0167 e. The lowest BCUT2D eigenvalue weighted by Gasteiger charge is -2.10. The topological polar surface area (TPSA) is 12.0 Å². The number of benzene rings is 1. The van der Waals surface area contributed by atoms with Crippen molar-refractivity contribution in [2.75, 3.05) is 13.1 Å². The van der Waals surface area contributed by atoms with Gasteiger partial charge in [-0.25, -0.2) is 0 Å². The van der Waals surface area contributed by atoms with Crippen molar-refractivity contribution in [3.05, 3.63) is 40.5 Å². The van der Waals surface area contributed by atoms with E-state index in [1.165, 1.54) is 22.3 Å². The van der Waals surface area contributed by atoms with E-state index in [2.05, 4.69) is 64.2 Å². The summed E-state index contributed by atoms with van der Waals surface area (Å²) in [4.78, 5) is 0. The van der Waals surface area contributed by atoms with E-state index in [0.717, 1.165) is 19.5 Å². The molecule has 0 radical (unpaired) electrons. The number of rotatable bonds is 6. The van der Waals surface area contributed by atoms with Crippen molar-refractivity contribution < 1.29 is 0 Å². The first-order valence-electron chi connectivity index (χ1n) is 7.00. The quantitative estimate of drug-likeness (QED) is 0.786. The van der Waals surface area contributed by atoms with Crippen molar-refractivity contribution in [3.8, 4) is 0 Å². The van der Waals surface area contributed by atoms with Gasteiger partial charge in [0.05, 0.1) is 0 Å². The smallest absolute Gasteiger partial charge is 0.0167 e. The van der Waals surface area contributed by atoms with Crippen LogP contribution in [0.25, 0.3) is 6.08 Å². The van der Waals surface area contributed by atoms with Crippen molar-refractivity contribution in [2.24, 2.45) is 5.92 Å². The molecule has 0 saturated carbocycles. The summed E-state index contributed by atoms with van der Waals surface area (Å²) < 4.78 is 0. The van der Waals surface area contributed by atoms with E-state index in [0.29, 0.717) is 5.92 Å². The van der Waals surface area contributed by atoms with Crippen LogP contribution in [0.1, 0.15) is 43.9 Å². The highest BCUT2D eigenvalue weighted by atomic mass is 14.9. The number of hydrogen-bond donors (Lipinski definition) is 1. The van der Waals surface area contributed by atoms with E-state index >= 15 is 0 Å². The Balaban J connectivity index is 2.68. The fourth-order valence-corrected chi connectivity index (χ4v) is 1.89. The fraction of sp³-hybridized carbons (Fsp3) is 0.529. The van der Waals surface area contributed by atoms with E-state index < -0.39 is 0 Å². The first-order chi connectivity index (χ1) is 8.52. The fourth-order valence-electron chi connectivity index (χ4n) is 1.89. The third-order valence-electron chi connectivity index (χ3n) is 3.26. The Kier molecular flexibility index (Phi) is 6.14. The summed E-state index contributed by atoms with van der Waals surface area (Å²) in [6.45, 7) is 13.1. The average Bonchev–Trinajstić information content (AvgIpc) is 2.32. The highest BCUT2D eigenvalue weighted by Crippen LogP contribution is 2.14. The minimum atomic E-state index is 0.713. The Hall–Kier alpha value is -1.08. The van der Waals surface area contributed by atoms with Crippen LogP contribution in [-0.4, -0.2) is 13.1 Å². The molecule has 1 aromatic rings. The standard InChI is InChI=1S/C17H27N/c1-6-16(12-18-11-13(2)3)10-17-8-7-14(4)15(5)9-17/h7-10,13,18H,6,11-12H2,1-5H3. The van der Waals surface area contributed by atoms with Crippen molar-refractivity contribution in [1.82, 2.24) is 5.32 Å². The van der Waals surface area contributed by atoms with Crippen LogP contribution in [-0.2, 0) is 0 Å². The molecular weight excluding hydrogens is 218 g/mol. The van der Waals surface area contributed by atoms with Crippen LogP contribution in [0.5, 0.6) is 0 Å². The first kappa shape index (κ1) is 15.0. The minimum absolute atomic E-state index is 0.713. The highest BCUT2D eigenvalue weighted by molar-refractivity contribution is 5.55. The van der Waals surface area contributed by atoms with Gasteiger partial charge in [-0.2, -0.15) is 0 Å². The van der Waals surface area contributed by atoms with Crippen LogP contribution in [0.4, 0.5) is 0 Å². The molecule has 1 heteroatoms. The summed E-state index contributed by atoms with van der Waals surface area (Å²) >= 11 is 0. The zero-order chi connectivity index (χ0) is 13.5. The summed E-state index contributed by atoms with van der Waals surface area (Å²) in [7, 11) is 0. The van der Waals surface area contributed by atoms with Gasteiger partial charge in [0, 0.05) is 6.54 Å².